The highest BCUT2D eigenvalue weighted by molar-refractivity contribution is 5.90. The Morgan fingerprint density at radius 1 is 1.00 bits per heavy atom. The van der Waals surface area contributed by atoms with Crippen LogP contribution in [0.3, 0.4) is 0 Å². The number of benzene rings is 1. The monoisotopic (exact) mass is 475 g/mol. The number of fused-ring (bicyclic) bond motifs is 1. The fraction of sp³-hybridized carbons (Fsp3) is 0.125. The van der Waals surface area contributed by atoms with Crippen molar-refractivity contribution in [3.05, 3.63) is 99.1 Å². The lowest BCUT2D eigenvalue weighted by Crippen LogP contribution is -2.24. The Morgan fingerprint density at radius 2 is 1.77 bits per heavy atom. The van der Waals surface area contributed by atoms with Crippen molar-refractivity contribution in [1.82, 2.24) is 28.7 Å². The van der Waals surface area contributed by atoms with E-state index < -0.39 is 12.1 Å². The largest absolute Gasteiger partial charge is 0.369 e. The first-order valence-corrected chi connectivity index (χ1v) is 10.6. The molecule has 4 heterocycles. The summed E-state index contributed by atoms with van der Waals surface area (Å²) in [5.41, 5.74) is 7.45. The molecule has 0 aliphatic carbocycles. The Hall–Kier alpha value is -4.67. The normalized spacial score (nSPS) is 11.4. The highest BCUT2D eigenvalue weighted by atomic mass is 19.3. The molecule has 0 atom stereocenters. The third-order valence-corrected chi connectivity index (χ3v) is 5.64. The lowest BCUT2D eigenvalue weighted by atomic mass is 10.0. The summed E-state index contributed by atoms with van der Waals surface area (Å²) in [5, 5.41) is 4.46. The lowest BCUT2D eigenvalue weighted by Gasteiger charge is -2.12. The van der Waals surface area contributed by atoms with Crippen molar-refractivity contribution in [2.75, 3.05) is 5.73 Å². The third-order valence-electron chi connectivity index (χ3n) is 5.64. The number of aryl methyl sites for hydroxylation is 1. The number of aromatic nitrogens is 6. The van der Waals surface area contributed by atoms with E-state index in [4.69, 9.17) is 5.73 Å². The number of rotatable bonds is 5. The van der Waals surface area contributed by atoms with Gasteiger partial charge in [0.15, 0.2) is 5.65 Å². The molecule has 0 aliphatic rings. The zero-order valence-electron chi connectivity index (χ0n) is 18.5. The van der Waals surface area contributed by atoms with Crippen molar-refractivity contribution in [3.63, 3.8) is 0 Å². The topological polar surface area (TPSA) is 113 Å². The van der Waals surface area contributed by atoms with E-state index in [-0.39, 0.29) is 35.0 Å². The van der Waals surface area contributed by atoms with Crippen molar-refractivity contribution in [3.8, 4) is 22.4 Å². The van der Waals surface area contributed by atoms with Crippen LogP contribution in [0.25, 0.3) is 28.0 Å². The van der Waals surface area contributed by atoms with Crippen LogP contribution >= 0.6 is 0 Å². The number of nitrogens with two attached hydrogens (primary N) is 1. The second-order valence-corrected chi connectivity index (χ2v) is 7.87. The molecule has 0 fully saturated rings. The molecule has 4 aromatic heterocycles. The van der Waals surface area contributed by atoms with Gasteiger partial charge in [-0.3, -0.25) is 9.78 Å². The smallest absolute Gasteiger partial charge is 0.353 e. The molecule has 1 aromatic carbocycles. The number of hydrogen-bond donors (Lipinski definition) is 1. The van der Waals surface area contributed by atoms with Gasteiger partial charge in [-0.25, -0.2) is 27.6 Å². The summed E-state index contributed by atoms with van der Waals surface area (Å²) in [4.78, 5) is 33.8. The van der Waals surface area contributed by atoms with E-state index in [2.05, 4.69) is 15.1 Å². The molecule has 0 unspecified atom stereocenters. The molecular formula is C24H19F2N7O2. The molecule has 11 heteroatoms. The Balaban J connectivity index is 1.80. The standard InChI is InChI=1S/C24H19F2N7O2/c1-31-12-15(9-10-18(31)34)19-20(14-6-3-2-4-7-14)29-23(27)33-22(19)30-32(24(33)35)13-17-16(21(25)26)8-5-11-28-17/h2-12,21H,13H2,1H3,(H2,27,29). The number of anilines is 1. The SMILES string of the molecule is Cn1cc(-c2c(-c3ccccc3)nc(N)n3c(=O)n(Cc4ncccc4C(F)F)nc23)ccc1=O. The minimum absolute atomic E-state index is 0.0199. The van der Waals surface area contributed by atoms with Crippen LogP contribution in [0.2, 0.25) is 0 Å². The molecule has 0 spiro atoms. The quantitative estimate of drug-likeness (QED) is 0.418. The van der Waals surface area contributed by atoms with Crippen LogP contribution in [0.4, 0.5) is 14.7 Å². The van der Waals surface area contributed by atoms with E-state index in [1.807, 2.05) is 30.3 Å². The zero-order chi connectivity index (χ0) is 24.7. The van der Waals surface area contributed by atoms with Crippen LogP contribution < -0.4 is 17.0 Å². The van der Waals surface area contributed by atoms with Gasteiger partial charge in [-0.05, 0) is 18.2 Å². The summed E-state index contributed by atoms with van der Waals surface area (Å²) in [6, 6.07) is 14.9. The van der Waals surface area contributed by atoms with E-state index in [0.717, 1.165) is 14.6 Å². The summed E-state index contributed by atoms with van der Waals surface area (Å²) in [5.74, 6) is -0.112. The van der Waals surface area contributed by atoms with Gasteiger partial charge in [-0.15, -0.1) is 5.10 Å². The van der Waals surface area contributed by atoms with E-state index in [0.29, 0.717) is 16.8 Å². The predicted molar refractivity (Wildman–Crippen MR) is 126 cm³/mol. The average molecular weight is 475 g/mol. The number of alkyl halides is 2. The molecule has 5 aromatic rings. The number of hydrogen-bond acceptors (Lipinski definition) is 6. The Morgan fingerprint density at radius 3 is 2.49 bits per heavy atom. The van der Waals surface area contributed by atoms with Gasteiger partial charge < -0.3 is 10.3 Å². The molecule has 176 valence electrons. The van der Waals surface area contributed by atoms with Crippen molar-refractivity contribution < 1.29 is 8.78 Å². The van der Waals surface area contributed by atoms with Gasteiger partial charge in [0.2, 0.25) is 11.5 Å². The average Bonchev–Trinajstić information content (AvgIpc) is 3.18. The number of halogens is 2. The minimum Gasteiger partial charge on any atom is -0.369 e. The summed E-state index contributed by atoms with van der Waals surface area (Å²) >= 11 is 0. The van der Waals surface area contributed by atoms with Gasteiger partial charge in [-0.1, -0.05) is 30.3 Å². The van der Waals surface area contributed by atoms with Crippen LogP contribution in [-0.4, -0.2) is 28.7 Å². The highest BCUT2D eigenvalue weighted by Crippen LogP contribution is 2.33. The molecule has 9 nitrogen and oxygen atoms in total. The fourth-order valence-corrected chi connectivity index (χ4v) is 3.94. The first-order chi connectivity index (χ1) is 16.8. The third kappa shape index (κ3) is 3.86. The Bertz CT molecular complexity index is 1670. The van der Waals surface area contributed by atoms with Gasteiger partial charge in [0.05, 0.1) is 23.5 Å². The molecule has 0 radical (unpaired) electrons. The molecule has 35 heavy (non-hydrogen) atoms. The number of nitrogen functional groups attached to an aromatic ring is 1. The van der Waals surface area contributed by atoms with E-state index in [1.54, 1.807) is 19.3 Å². The summed E-state index contributed by atoms with van der Waals surface area (Å²) in [6.45, 7) is -0.284. The molecule has 0 saturated heterocycles. The summed E-state index contributed by atoms with van der Waals surface area (Å²) < 4.78 is 30.5. The Labute approximate surface area is 196 Å². The van der Waals surface area contributed by atoms with Crippen LogP contribution in [0, 0.1) is 0 Å². The van der Waals surface area contributed by atoms with Crippen molar-refractivity contribution in [1.29, 1.82) is 0 Å². The summed E-state index contributed by atoms with van der Waals surface area (Å²) in [7, 11) is 1.60. The van der Waals surface area contributed by atoms with E-state index >= 15 is 0 Å². The maximum Gasteiger partial charge on any atom is 0.353 e. The molecule has 0 bridgehead atoms. The maximum atomic E-state index is 13.5. The van der Waals surface area contributed by atoms with Gasteiger partial charge in [0, 0.05) is 42.2 Å². The fourth-order valence-electron chi connectivity index (χ4n) is 3.94. The van der Waals surface area contributed by atoms with Crippen LogP contribution in [-0.2, 0) is 13.6 Å². The van der Waals surface area contributed by atoms with Crippen molar-refractivity contribution >= 4 is 11.6 Å². The van der Waals surface area contributed by atoms with Crippen molar-refractivity contribution in [2.45, 2.75) is 13.0 Å². The minimum atomic E-state index is -2.76. The summed E-state index contributed by atoms with van der Waals surface area (Å²) in [6.07, 6.45) is 0.226. The van der Waals surface area contributed by atoms with Crippen LogP contribution in [0.5, 0.6) is 0 Å². The zero-order valence-corrected chi connectivity index (χ0v) is 18.5. The van der Waals surface area contributed by atoms with Gasteiger partial charge >= 0.3 is 5.69 Å². The molecule has 2 N–H and O–H groups in total. The second kappa shape index (κ2) is 8.60. The molecule has 0 amide bonds. The highest BCUT2D eigenvalue weighted by Gasteiger charge is 2.23. The number of pyridine rings is 2. The van der Waals surface area contributed by atoms with Crippen molar-refractivity contribution in [2.24, 2.45) is 7.05 Å². The second-order valence-electron chi connectivity index (χ2n) is 7.87. The first-order valence-electron chi connectivity index (χ1n) is 10.6. The lowest BCUT2D eigenvalue weighted by molar-refractivity contribution is 0.149. The first kappa shape index (κ1) is 22.1. The van der Waals surface area contributed by atoms with E-state index in [1.165, 1.54) is 29.0 Å². The van der Waals surface area contributed by atoms with Crippen LogP contribution in [0.1, 0.15) is 17.7 Å². The predicted octanol–water partition coefficient (Wildman–Crippen LogP) is 2.89. The molecule has 5 rings (SSSR count). The maximum absolute atomic E-state index is 13.5. The number of nitrogens with zero attached hydrogens (tertiary/aromatic N) is 6. The van der Waals surface area contributed by atoms with Crippen LogP contribution in [0.15, 0.2) is 76.6 Å². The molecular weight excluding hydrogens is 456 g/mol. The molecule has 0 saturated carbocycles. The van der Waals surface area contributed by atoms with Gasteiger partial charge in [0.1, 0.15) is 0 Å². The van der Waals surface area contributed by atoms with Gasteiger partial charge in [0.25, 0.3) is 6.43 Å². The molecule has 0 aliphatic heterocycles. The van der Waals surface area contributed by atoms with Gasteiger partial charge in [-0.2, -0.15) is 0 Å². The van der Waals surface area contributed by atoms with E-state index in [9.17, 15) is 18.4 Å². The Kier molecular flexibility index (Phi) is 5.44.